The van der Waals surface area contributed by atoms with Crippen LogP contribution >= 0.6 is 0 Å². The van der Waals surface area contributed by atoms with E-state index < -0.39 is 6.10 Å². The molecule has 0 fully saturated rings. The topological polar surface area (TPSA) is 56.5 Å². The quantitative estimate of drug-likeness (QED) is 0.752. The number of nitrogens with zero attached hydrogens (tertiary/aromatic N) is 2. The maximum absolute atomic E-state index is 9.77. The standard InChI is InChI=1S/C9H16N2O3/c1-4-14-6-7(12)9-8(13-3)5-10-11(9)2/h5,7,12H,4,6H2,1-3H3. The Morgan fingerprint density at radius 2 is 2.36 bits per heavy atom. The van der Waals surface area contributed by atoms with Gasteiger partial charge in [0.05, 0.1) is 19.9 Å². The summed E-state index contributed by atoms with van der Waals surface area (Å²) < 4.78 is 11.8. The molecule has 0 aromatic carbocycles. The Morgan fingerprint density at radius 1 is 1.64 bits per heavy atom. The molecule has 1 unspecified atom stereocenters. The molecule has 0 spiro atoms. The monoisotopic (exact) mass is 200 g/mol. The van der Waals surface area contributed by atoms with Gasteiger partial charge in [0.25, 0.3) is 0 Å². The van der Waals surface area contributed by atoms with E-state index in [9.17, 15) is 5.11 Å². The molecule has 14 heavy (non-hydrogen) atoms. The molecule has 80 valence electrons. The van der Waals surface area contributed by atoms with E-state index in [0.717, 1.165) is 0 Å². The normalized spacial score (nSPS) is 12.9. The van der Waals surface area contributed by atoms with Crippen LogP contribution < -0.4 is 4.74 Å². The van der Waals surface area contributed by atoms with Gasteiger partial charge in [-0.25, -0.2) is 0 Å². The second kappa shape index (κ2) is 4.97. The van der Waals surface area contributed by atoms with Crippen LogP contribution in [0.3, 0.4) is 0 Å². The maximum atomic E-state index is 9.77. The summed E-state index contributed by atoms with van der Waals surface area (Å²) in [6, 6.07) is 0. The fourth-order valence-electron chi connectivity index (χ4n) is 1.27. The molecule has 0 saturated heterocycles. The Bertz CT molecular complexity index is 286. The van der Waals surface area contributed by atoms with Gasteiger partial charge in [-0.15, -0.1) is 0 Å². The third-order valence-electron chi connectivity index (χ3n) is 1.96. The Kier molecular flexibility index (Phi) is 3.91. The number of ether oxygens (including phenoxy) is 2. The molecular formula is C9H16N2O3. The molecule has 1 atom stereocenters. The van der Waals surface area contributed by atoms with Gasteiger partial charge in [0.2, 0.25) is 0 Å². The van der Waals surface area contributed by atoms with Gasteiger partial charge in [-0.1, -0.05) is 0 Å². The average Bonchev–Trinajstić information content (AvgIpc) is 2.56. The highest BCUT2D eigenvalue weighted by atomic mass is 16.5. The van der Waals surface area contributed by atoms with Crippen LogP contribution in [0.5, 0.6) is 5.75 Å². The largest absolute Gasteiger partial charge is 0.493 e. The number of hydrogen-bond acceptors (Lipinski definition) is 4. The van der Waals surface area contributed by atoms with Gasteiger partial charge in [0, 0.05) is 13.7 Å². The zero-order valence-corrected chi connectivity index (χ0v) is 8.73. The molecule has 0 aliphatic carbocycles. The van der Waals surface area contributed by atoms with Crippen molar-refractivity contribution in [2.75, 3.05) is 20.3 Å². The molecule has 0 aliphatic rings. The minimum atomic E-state index is -0.697. The zero-order valence-electron chi connectivity index (χ0n) is 8.73. The first-order valence-corrected chi connectivity index (χ1v) is 4.52. The first-order chi connectivity index (χ1) is 6.70. The Labute approximate surface area is 83.2 Å². The molecule has 1 N–H and O–H groups in total. The van der Waals surface area contributed by atoms with Crippen molar-refractivity contribution >= 4 is 0 Å². The molecule has 5 heteroatoms. The van der Waals surface area contributed by atoms with Crippen molar-refractivity contribution in [2.24, 2.45) is 7.05 Å². The number of hydrogen-bond donors (Lipinski definition) is 1. The van der Waals surface area contributed by atoms with Crippen molar-refractivity contribution in [2.45, 2.75) is 13.0 Å². The van der Waals surface area contributed by atoms with Crippen LogP contribution in [0.4, 0.5) is 0 Å². The SMILES string of the molecule is CCOCC(O)c1c(OC)cnn1C. The minimum Gasteiger partial charge on any atom is -0.493 e. The molecule has 0 saturated carbocycles. The summed E-state index contributed by atoms with van der Waals surface area (Å²) in [5.41, 5.74) is 0.640. The number of aliphatic hydroxyl groups excluding tert-OH is 1. The van der Waals surface area contributed by atoms with Crippen molar-refractivity contribution in [3.8, 4) is 5.75 Å². The van der Waals surface area contributed by atoms with Crippen molar-refractivity contribution in [3.63, 3.8) is 0 Å². The maximum Gasteiger partial charge on any atom is 0.162 e. The third-order valence-corrected chi connectivity index (χ3v) is 1.96. The summed E-state index contributed by atoms with van der Waals surface area (Å²) in [5.74, 6) is 0.583. The van der Waals surface area contributed by atoms with Gasteiger partial charge in [0.15, 0.2) is 5.75 Å². The van der Waals surface area contributed by atoms with Crippen molar-refractivity contribution < 1.29 is 14.6 Å². The molecule has 0 amide bonds. The fourth-order valence-corrected chi connectivity index (χ4v) is 1.27. The number of aliphatic hydroxyl groups is 1. The average molecular weight is 200 g/mol. The lowest BCUT2D eigenvalue weighted by molar-refractivity contribution is 0.0364. The zero-order chi connectivity index (χ0) is 10.6. The fraction of sp³-hybridized carbons (Fsp3) is 0.667. The van der Waals surface area contributed by atoms with Crippen LogP contribution in [-0.2, 0) is 11.8 Å². The number of aryl methyl sites for hydroxylation is 1. The summed E-state index contributed by atoms with van der Waals surface area (Å²) in [6.07, 6.45) is 0.877. The summed E-state index contributed by atoms with van der Waals surface area (Å²) in [4.78, 5) is 0. The Morgan fingerprint density at radius 3 is 2.93 bits per heavy atom. The van der Waals surface area contributed by atoms with E-state index in [1.807, 2.05) is 6.92 Å². The van der Waals surface area contributed by atoms with Gasteiger partial charge in [-0.05, 0) is 6.92 Å². The smallest absolute Gasteiger partial charge is 0.162 e. The highest BCUT2D eigenvalue weighted by molar-refractivity contribution is 5.26. The van der Waals surface area contributed by atoms with Gasteiger partial charge < -0.3 is 14.6 Å². The van der Waals surface area contributed by atoms with Crippen molar-refractivity contribution in [3.05, 3.63) is 11.9 Å². The van der Waals surface area contributed by atoms with E-state index in [0.29, 0.717) is 18.1 Å². The number of rotatable bonds is 5. The second-order valence-electron chi connectivity index (χ2n) is 2.90. The molecule has 1 aromatic heterocycles. The first-order valence-electron chi connectivity index (χ1n) is 4.52. The highest BCUT2D eigenvalue weighted by Crippen LogP contribution is 2.23. The molecule has 1 aromatic rings. The molecule has 1 heterocycles. The molecule has 0 aliphatic heterocycles. The molecule has 1 rings (SSSR count). The minimum absolute atomic E-state index is 0.256. The van der Waals surface area contributed by atoms with Crippen LogP contribution in [0.2, 0.25) is 0 Å². The lowest BCUT2D eigenvalue weighted by atomic mass is 10.2. The summed E-state index contributed by atoms with van der Waals surface area (Å²) in [5, 5.41) is 13.8. The summed E-state index contributed by atoms with van der Waals surface area (Å²) in [6.45, 7) is 2.72. The van der Waals surface area contributed by atoms with Gasteiger partial charge in [-0.2, -0.15) is 5.10 Å². The van der Waals surface area contributed by atoms with Crippen LogP contribution in [0.15, 0.2) is 6.20 Å². The van der Waals surface area contributed by atoms with Gasteiger partial charge >= 0.3 is 0 Å². The molecular weight excluding hydrogens is 184 g/mol. The van der Waals surface area contributed by atoms with E-state index in [1.165, 1.54) is 0 Å². The third kappa shape index (κ3) is 2.24. The summed E-state index contributed by atoms with van der Waals surface area (Å²) in [7, 11) is 3.31. The van der Waals surface area contributed by atoms with E-state index >= 15 is 0 Å². The predicted molar refractivity (Wildman–Crippen MR) is 51.2 cm³/mol. The lowest BCUT2D eigenvalue weighted by Crippen LogP contribution is -2.12. The number of methoxy groups -OCH3 is 1. The lowest BCUT2D eigenvalue weighted by Gasteiger charge is -2.12. The Balaban J connectivity index is 2.76. The number of aromatic nitrogens is 2. The van der Waals surface area contributed by atoms with Crippen LogP contribution in [0.25, 0.3) is 0 Å². The predicted octanol–water partition coefficient (Wildman–Crippen LogP) is 0.499. The van der Waals surface area contributed by atoms with Crippen LogP contribution in [-0.4, -0.2) is 35.2 Å². The summed E-state index contributed by atoms with van der Waals surface area (Å²) >= 11 is 0. The van der Waals surface area contributed by atoms with Crippen LogP contribution in [0, 0.1) is 0 Å². The van der Waals surface area contributed by atoms with E-state index in [-0.39, 0.29) is 6.61 Å². The Hall–Kier alpha value is -1.07. The van der Waals surface area contributed by atoms with E-state index in [1.54, 1.807) is 25.0 Å². The molecule has 5 nitrogen and oxygen atoms in total. The highest BCUT2D eigenvalue weighted by Gasteiger charge is 2.17. The molecule has 0 radical (unpaired) electrons. The van der Waals surface area contributed by atoms with E-state index in [2.05, 4.69) is 5.10 Å². The van der Waals surface area contributed by atoms with Gasteiger partial charge in [-0.3, -0.25) is 4.68 Å². The van der Waals surface area contributed by atoms with Gasteiger partial charge in [0.1, 0.15) is 11.8 Å². The van der Waals surface area contributed by atoms with Crippen LogP contribution in [0.1, 0.15) is 18.7 Å². The van der Waals surface area contributed by atoms with Crippen molar-refractivity contribution in [1.82, 2.24) is 9.78 Å². The molecule has 0 bridgehead atoms. The first kappa shape index (κ1) is 11.0. The van der Waals surface area contributed by atoms with E-state index in [4.69, 9.17) is 9.47 Å². The second-order valence-corrected chi connectivity index (χ2v) is 2.90. The van der Waals surface area contributed by atoms with Crippen molar-refractivity contribution in [1.29, 1.82) is 0 Å².